The minimum atomic E-state index is -3.62. The lowest BCUT2D eigenvalue weighted by Gasteiger charge is -2.22. The molecule has 2 N–H and O–H groups in total. The molecule has 0 aromatic heterocycles. The molecule has 0 saturated carbocycles. The highest BCUT2D eigenvalue weighted by Gasteiger charge is 2.24. The van der Waals surface area contributed by atoms with Crippen LogP contribution in [0.4, 0.5) is 0 Å². The first-order valence-electron chi connectivity index (χ1n) is 4.51. The van der Waals surface area contributed by atoms with Gasteiger partial charge in [0.25, 0.3) is 10.2 Å². The lowest BCUT2D eigenvalue weighted by Crippen LogP contribution is -2.45. The van der Waals surface area contributed by atoms with Crippen molar-refractivity contribution in [2.24, 2.45) is 0 Å². The summed E-state index contributed by atoms with van der Waals surface area (Å²) >= 11 is 0. The van der Waals surface area contributed by atoms with Gasteiger partial charge < -0.3 is 4.74 Å². The van der Waals surface area contributed by atoms with Crippen molar-refractivity contribution >= 4 is 16.2 Å². The number of nitrogens with one attached hydrogen (secondary N) is 2. The molecular weight excluding hydrogens is 220 g/mol. The van der Waals surface area contributed by atoms with Gasteiger partial charge in [-0.2, -0.15) is 13.1 Å². The van der Waals surface area contributed by atoms with Crippen LogP contribution in [0.15, 0.2) is 0 Å². The van der Waals surface area contributed by atoms with Crippen molar-refractivity contribution in [1.29, 1.82) is 0 Å². The maximum atomic E-state index is 11.4. The largest absolute Gasteiger partial charge is 0.459 e. The molecule has 0 spiro atoms. The van der Waals surface area contributed by atoms with Crippen LogP contribution in [0.2, 0.25) is 0 Å². The van der Waals surface area contributed by atoms with Gasteiger partial charge in [-0.3, -0.25) is 4.79 Å². The Bertz CT molecular complexity index is 318. The minimum Gasteiger partial charge on any atom is -0.459 e. The van der Waals surface area contributed by atoms with Gasteiger partial charge in [0.05, 0.1) is 0 Å². The zero-order chi connectivity index (χ0) is 12.3. The monoisotopic (exact) mass is 238 g/mol. The van der Waals surface area contributed by atoms with Gasteiger partial charge in [-0.25, -0.2) is 4.72 Å². The maximum absolute atomic E-state index is 11.4. The lowest BCUT2D eigenvalue weighted by atomic mass is 10.2. The van der Waals surface area contributed by atoms with Crippen LogP contribution in [0.25, 0.3) is 0 Å². The van der Waals surface area contributed by atoms with Crippen LogP contribution in [0, 0.1) is 0 Å². The molecule has 0 saturated heterocycles. The Labute approximate surface area is 90.6 Å². The molecule has 0 unspecified atom stereocenters. The Hall–Kier alpha value is -0.660. The van der Waals surface area contributed by atoms with Crippen LogP contribution in [0.3, 0.4) is 0 Å². The highest BCUT2D eigenvalue weighted by atomic mass is 32.2. The van der Waals surface area contributed by atoms with Gasteiger partial charge in [0.1, 0.15) is 11.6 Å². The fourth-order valence-corrected chi connectivity index (χ4v) is 1.41. The number of rotatable bonds is 4. The minimum absolute atomic E-state index is 0.610. The summed E-state index contributed by atoms with van der Waals surface area (Å²) in [6.07, 6.45) is 0. The van der Waals surface area contributed by atoms with E-state index < -0.39 is 27.8 Å². The highest BCUT2D eigenvalue weighted by molar-refractivity contribution is 7.87. The zero-order valence-electron chi connectivity index (χ0n) is 9.62. The van der Waals surface area contributed by atoms with E-state index in [4.69, 9.17) is 4.74 Å². The van der Waals surface area contributed by atoms with Crippen LogP contribution < -0.4 is 9.44 Å². The van der Waals surface area contributed by atoms with Crippen molar-refractivity contribution in [3.8, 4) is 0 Å². The molecule has 0 amide bonds. The Morgan fingerprint density at radius 2 is 1.80 bits per heavy atom. The van der Waals surface area contributed by atoms with Gasteiger partial charge in [-0.05, 0) is 27.7 Å². The Morgan fingerprint density at radius 1 is 1.33 bits per heavy atom. The van der Waals surface area contributed by atoms with Crippen molar-refractivity contribution in [3.63, 3.8) is 0 Å². The first kappa shape index (κ1) is 14.3. The highest BCUT2D eigenvalue weighted by Crippen LogP contribution is 2.08. The summed E-state index contributed by atoms with van der Waals surface area (Å²) in [5.41, 5.74) is -0.629. The molecule has 6 nitrogen and oxygen atoms in total. The number of ether oxygens (including phenoxy) is 1. The number of hydrogen-bond acceptors (Lipinski definition) is 4. The van der Waals surface area contributed by atoms with E-state index >= 15 is 0 Å². The third-order valence-electron chi connectivity index (χ3n) is 1.36. The second-order valence-electron chi connectivity index (χ2n) is 4.08. The number of hydrogen-bond donors (Lipinski definition) is 2. The molecule has 1 atom stereocenters. The van der Waals surface area contributed by atoms with Crippen LogP contribution in [0.1, 0.15) is 27.7 Å². The second kappa shape index (κ2) is 4.91. The van der Waals surface area contributed by atoms with E-state index in [1.54, 1.807) is 20.8 Å². The molecule has 0 aliphatic heterocycles. The van der Waals surface area contributed by atoms with Crippen molar-refractivity contribution in [2.75, 3.05) is 7.05 Å². The fourth-order valence-electron chi connectivity index (χ4n) is 0.730. The molecule has 0 fully saturated rings. The maximum Gasteiger partial charge on any atom is 0.324 e. The van der Waals surface area contributed by atoms with Crippen molar-refractivity contribution in [3.05, 3.63) is 0 Å². The topological polar surface area (TPSA) is 84.5 Å². The summed E-state index contributed by atoms with van der Waals surface area (Å²) in [7, 11) is -2.37. The molecule has 7 heteroatoms. The molecule has 90 valence electrons. The standard InChI is InChI=1S/C8H18N2O4S/c1-6(10-15(12,13)9-5)7(11)14-8(2,3)4/h6,9-10H,1-5H3/t6-/m1/s1. The van der Waals surface area contributed by atoms with Gasteiger partial charge in [-0.1, -0.05) is 0 Å². The van der Waals surface area contributed by atoms with E-state index in [1.165, 1.54) is 14.0 Å². The van der Waals surface area contributed by atoms with E-state index in [0.717, 1.165) is 0 Å². The predicted molar refractivity (Wildman–Crippen MR) is 56.4 cm³/mol. The van der Waals surface area contributed by atoms with E-state index in [0.29, 0.717) is 0 Å². The first-order valence-corrected chi connectivity index (χ1v) is 5.99. The summed E-state index contributed by atoms with van der Waals surface area (Å²) in [5, 5.41) is 0. The van der Waals surface area contributed by atoms with E-state index in [9.17, 15) is 13.2 Å². The van der Waals surface area contributed by atoms with Crippen LogP contribution in [-0.4, -0.2) is 33.1 Å². The SMILES string of the molecule is CNS(=O)(=O)N[C@H](C)C(=O)OC(C)(C)C. The molecule has 0 aliphatic rings. The van der Waals surface area contributed by atoms with E-state index in [-0.39, 0.29) is 0 Å². The van der Waals surface area contributed by atoms with Crippen LogP contribution in [0.5, 0.6) is 0 Å². The van der Waals surface area contributed by atoms with Crippen molar-refractivity contribution < 1.29 is 17.9 Å². The number of carbonyl (C=O) groups excluding carboxylic acids is 1. The molecule has 0 rings (SSSR count). The van der Waals surface area contributed by atoms with Gasteiger partial charge in [0, 0.05) is 7.05 Å². The lowest BCUT2D eigenvalue weighted by molar-refractivity contribution is -0.156. The summed E-state index contributed by atoms with van der Waals surface area (Å²) in [4.78, 5) is 11.4. The molecule has 0 bridgehead atoms. The van der Waals surface area contributed by atoms with Gasteiger partial charge >= 0.3 is 5.97 Å². The van der Waals surface area contributed by atoms with E-state index in [2.05, 4.69) is 4.72 Å². The predicted octanol–water partition coefficient (Wildman–Crippen LogP) is -0.230. The Morgan fingerprint density at radius 3 is 2.13 bits per heavy atom. The molecule has 0 aromatic rings. The Kier molecular flexibility index (Phi) is 4.69. The van der Waals surface area contributed by atoms with Gasteiger partial charge in [0.15, 0.2) is 0 Å². The fraction of sp³-hybridized carbons (Fsp3) is 0.875. The zero-order valence-corrected chi connectivity index (χ0v) is 10.4. The summed E-state index contributed by atoms with van der Waals surface area (Å²) in [6.45, 7) is 6.56. The van der Waals surface area contributed by atoms with Crippen LogP contribution in [-0.2, 0) is 19.7 Å². The molecule has 0 aliphatic carbocycles. The third kappa shape index (κ3) is 6.43. The second-order valence-corrected chi connectivity index (χ2v) is 5.73. The molecule has 0 aromatic carbocycles. The van der Waals surface area contributed by atoms with Crippen molar-refractivity contribution in [2.45, 2.75) is 39.3 Å². The molecule has 0 radical (unpaired) electrons. The van der Waals surface area contributed by atoms with Crippen LogP contribution >= 0.6 is 0 Å². The normalized spacial score (nSPS) is 14.7. The number of esters is 1. The summed E-state index contributed by atoms with van der Waals surface area (Å²) in [6, 6.07) is -0.915. The molecule has 15 heavy (non-hydrogen) atoms. The smallest absolute Gasteiger partial charge is 0.324 e. The van der Waals surface area contributed by atoms with E-state index in [1.807, 2.05) is 4.72 Å². The van der Waals surface area contributed by atoms with Crippen molar-refractivity contribution in [1.82, 2.24) is 9.44 Å². The van der Waals surface area contributed by atoms with Gasteiger partial charge in [0.2, 0.25) is 0 Å². The average molecular weight is 238 g/mol. The number of carbonyl (C=O) groups is 1. The first-order chi connectivity index (χ1) is 6.57. The third-order valence-corrected chi connectivity index (χ3v) is 2.56. The Balaban J connectivity index is 4.36. The quantitative estimate of drug-likeness (QED) is 0.663. The summed E-state index contributed by atoms with van der Waals surface area (Å²) < 4.78 is 31.3. The average Bonchev–Trinajstić information content (AvgIpc) is 2.00. The summed E-state index contributed by atoms with van der Waals surface area (Å²) in [5.74, 6) is -0.610. The molecule has 0 heterocycles. The molecular formula is C8H18N2O4S. The van der Waals surface area contributed by atoms with Gasteiger partial charge in [-0.15, -0.1) is 0 Å².